The van der Waals surface area contributed by atoms with Gasteiger partial charge in [-0.15, -0.1) is 11.3 Å². The second kappa shape index (κ2) is 6.50. The fraction of sp³-hybridized carbons (Fsp3) is 0.583. The second-order valence-corrected chi connectivity index (χ2v) is 7.82. The van der Waals surface area contributed by atoms with Crippen LogP contribution in [0.25, 0.3) is 0 Å². The normalized spacial score (nSPS) is 23.9. The Morgan fingerprint density at radius 1 is 1.44 bits per heavy atom. The Morgan fingerprint density at radius 3 is 2.78 bits per heavy atom. The summed E-state index contributed by atoms with van der Waals surface area (Å²) in [5.41, 5.74) is 5.77. The van der Waals surface area contributed by atoms with Crippen LogP contribution in [0.3, 0.4) is 0 Å². The molecule has 100 valence electrons. The van der Waals surface area contributed by atoms with Crippen molar-refractivity contribution in [3.8, 4) is 0 Å². The molecule has 3 nitrogen and oxygen atoms in total. The maximum absolute atomic E-state index is 12.2. The predicted molar refractivity (Wildman–Crippen MR) is 82.0 cm³/mol. The van der Waals surface area contributed by atoms with E-state index in [0.29, 0.717) is 12.5 Å². The van der Waals surface area contributed by atoms with Crippen LogP contribution in [-0.4, -0.2) is 18.5 Å². The lowest BCUT2D eigenvalue weighted by Crippen LogP contribution is -2.44. The number of thiophene rings is 1. The van der Waals surface area contributed by atoms with Crippen LogP contribution in [0.4, 0.5) is 0 Å². The van der Waals surface area contributed by atoms with Gasteiger partial charge in [-0.3, -0.25) is 4.79 Å². The maximum Gasteiger partial charge on any atom is 0.261 e. The molecule has 2 atom stereocenters. The van der Waals surface area contributed by atoms with Crippen LogP contribution in [0.2, 0.25) is 0 Å². The quantitative estimate of drug-likeness (QED) is 0.822. The van der Waals surface area contributed by atoms with Gasteiger partial charge in [0, 0.05) is 10.5 Å². The number of hydrogen-bond acceptors (Lipinski definition) is 3. The summed E-state index contributed by atoms with van der Waals surface area (Å²) < 4.78 is 1.88. The molecule has 2 unspecified atom stereocenters. The van der Waals surface area contributed by atoms with Gasteiger partial charge < -0.3 is 11.1 Å². The van der Waals surface area contributed by atoms with Crippen LogP contribution in [0.5, 0.6) is 0 Å². The zero-order valence-electron chi connectivity index (χ0n) is 9.92. The molecule has 0 saturated heterocycles. The third kappa shape index (κ3) is 3.35. The molecule has 1 aliphatic rings. The van der Waals surface area contributed by atoms with Crippen molar-refractivity contribution in [2.75, 3.05) is 6.54 Å². The van der Waals surface area contributed by atoms with Gasteiger partial charge in [0.15, 0.2) is 0 Å². The van der Waals surface area contributed by atoms with E-state index in [-0.39, 0.29) is 11.9 Å². The number of amides is 1. The number of carbonyl (C=O) groups is 1. The van der Waals surface area contributed by atoms with Gasteiger partial charge in [-0.1, -0.05) is 12.8 Å². The molecule has 18 heavy (non-hydrogen) atoms. The molecule has 1 heterocycles. The summed E-state index contributed by atoms with van der Waals surface area (Å²) in [5, 5.41) is 3.13. The summed E-state index contributed by atoms with van der Waals surface area (Å²) in [5.74, 6) is 0.436. The van der Waals surface area contributed by atoms with Gasteiger partial charge in [0.25, 0.3) is 5.91 Å². The second-order valence-electron chi connectivity index (χ2n) is 4.59. The summed E-state index contributed by atoms with van der Waals surface area (Å²) in [6.07, 6.45) is 4.57. The molecule has 0 aromatic carbocycles. The van der Waals surface area contributed by atoms with E-state index >= 15 is 0 Å². The predicted octanol–water partition coefficient (Wildman–Crippen LogP) is 3.52. The number of hydrogen-bond donors (Lipinski definition) is 2. The van der Waals surface area contributed by atoms with E-state index in [1.807, 2.05) is 6.07 Å². The summed E-state index contributed by atoms with van der Waals surface area (Å²) >= 11 is 8.25. The first kappa shape index (κ1) is 14.5. The zero-order chi connectivity index (χ0) is 13.1. The molecular weight excluding hydrogens is 380 g/mol. The Morgan fingerprint density at radius 2 is 2.17 bits per heavy atom. The molecule has 2 rings (SSSR count). The lowest BCUT2D eigenvalue weighted by Gasteiger charge is -2.31. The van der Waals surface area contributed by atoms with Crippen LogP contribution in [0.1, 0.15) is 35.4 Å². The number of carbonyl (C=O) groups excluding carboxylic acids is 1. The molecule has 1 saturated carbocycles. The monoisotopic (exact) mass is 394 g/mol. The van der Waals surface area contributed by atoms with Crippen molar-refractivity contribution < 1.29 is 4.79 Å². The first-order chi connectivity index (χ1) is 8.61. The molecule has 1 amide bonds. The summed E-state index contributed by atoms with van der Waals surface area (Å²) in [6.45, 7) is 0.656. The molecule has 1 aliphatic carbocycles. The Labute approximate surface area is 128 Å². The molecule has 0 bridgehead atoms. The maximum atomic E-state index is 12.2. The zero-order valence-corrected chi connectivity index (χ0v) is 13.9. The highest BCUT2D eigenvalue weighted by Crippen LogP contribution is 2.32. The molecule has 6 heteroatoms. The van der Waals surface area contributed by atoms with E-state index in [2.05, 4.69) is 37.2 Å². The smallest absolute Gasteiger partial charge is 0.261 e. The molecule has 0 spiro atoms. The lowest BCUT2D eigenvalue weighted by atomic mass is 9.84. The van der Waals surface area contributed by atoms with Crippen molar-refractivity contribution in [3.63, 3.8) is 0 Å². The number of halogens is 2. The number of nitrogens with one attached hydrogen (secondary N) is 1. The topological polar surface area (TPSA) is 55.1 Å². The summed E-state index contributed by atoms with van der Waals surface area (Å²) in [4.78, 5) is 12.9. The van der Waals surface area contributed by atoms with E-state index in [1.165, 1.54) is 24.2 Å². The van der Waals surface area contributed by atoms with Crippen LogP contribution in [0.15, 0.2) is 14.3 Å². The Balaban J connectivity index is 2.01. The van der Waals surface area contributed by atoms with Gasteiger partial charge in [0.1, 0.15) is 0 Å². The molecular formula is C12H16Br2N2OS. The van der Waals surface area contributed by atoms with Crippen molar-refractivity contribution in [2.45, 2.75) is 31.7 Å². The van der Waals surface area contributed by atoms with E-state index in [1.54, 1.807) is 0 Å². The van der Waals surface area contributed by atoms with Gasteiger partial charge in [0.05, 0.1) is 8.66 Å². The van der Waals surface area contributed by atoms with Crippen LogP contribution >= 0.6 is 43.2 Å². The summed E-state index contributed by atoms with van der Waals surface area (Å²) in [6, 6.07) is 2.08. The van der Waals surface area contributed by atoms with E-state index < -0.39 is 0 Å². The molecule has 0 aliphatic heterocycles. The highest BCUT2D eigenvalue weighted by Gasteiger charge is 2.26. The van der Waals surface area contributed by atoms with E-state index in [0.717, 1.165) is 26.0 Å². The van der Waals surface area contributed by atoms with Crippen molar-refractivity contribution >= 4 is 49.1 Å². The Hall–Kier alpha value is 0.0900. The average molecular weight is 396 g/mol. The van der Waals surface area contributed by atoms with E-state index in [4.69, 9.17) is 5.73 Å². The van der Waals surface area contributed by atoms with Crippen LogP contribution in [0, 0.1) is 5.92 Å². The van der Waals surface area contributed by atoms with Crippen LogP contribution < -0.4 is 11.1 Å². The van der Waals surface area contributed by atoms with Gasteiger partial charge >= 0.3 is 0 Å². The van der Waals surface area contributed by atoms with Crippen molar-refractivity contribution in [1.82, 2.24) is 5.32 Å². The minimum Gasteiger partial charge on any atom is -0.348 e. The highest BCUT2D eigenvalue weighted by atomic mass is 79.9. The van der Waals surface area contributed by atoms with Crippen molar-refractivity contribution in [2.24, 2.45) is 11.7 Å². The van der Waals surface area contributed by atoms with E-state index in [9.17, 15) is 4.79 Å². The third-order valence-electron chi connectivity index (χ3n) is 3.40. The number of rotatable bonds is 3. The Kier molecular flexibility index (Phi) is 5.24. The third-order valence-corrected chi connectivity index (χ3v) is 6.65. The van der Waals surface area contributed by atoms with Crippen molar-refractivity contribution in [1.29, 1.82) is 0 Å². The molecule has 3 N–H and O–H groups in total. The molecule has 1 aromatic heterocycles. The largest absolute Gasteiger partial charge is 0.348 e. The van der Waals surface area contributed by atoms with Crippen molar-refractivity contribution in [3.05, 3.63) is 19.2 Å². The molecule has 1 fully saturated rings. The molecule has 1 aromatic rings. The van der Waals surface area contributed by atoms with Gasteiger partial charge in [0.2, 0.25) is 0 Å². The number of nitrogens with two attached hydrogens (primary N) is 1. The first-order valence-electron chi connectivity index (χ1n) is 6.07. The van der Waals surface area contributed by atoms with Crippen LogP contribution in [-0.2, 0) is 0 Å². The van der Waals surface area contributed by atoms with Gasteiger partial charge in [-0.25, -0.2) is 0 Å². The molecule has 0 radical (unpaired) electrons. The minimum absolute atomic E-state index is 0.0109. The Bertz CT molecular complexity index is 416. The lowest BCUT2D eigenvalue weighted by molar-refractivity contribution is 0.0912. The highest BCUT2D eigenvalue weighted by molar-refractivity contribution is 9.13. The SMILES string of the molecule is NCC1CCCCC1NC(=O)c1cc(Br)c(Br)s1. The standard InChI is InChI=1S/C12H16Br2N2OS/c13-8-5-10(18-11(8)14)12(17)16-9-4-2-1-3-7(9)6-15/h5,7,9H,1-4,6,15H2,(H,16,17). The average Bonchev–Trinajstić information content (AvgIpc) is 2.70. The minimum atomic E-state index is 0.0109. The van der Waals surface area contributed by atoms with Gasteiger partial charge in [-0.2, -0.15) is 0 Å². The van der Waals surface area contributed by atoms with Gasteiger partial charge in [-0.05, 0) is 63.2 Å². The fourth-order valence-electron chi connectivity index (χ4n) is 2.38. The first-order valence-corrected chi connectivity index (χ1v) is 8.48. The summed E-state index contributed by atoms with van der Waals surface area (Å²) in [7, 11) is 0. The fourth-order valence-corrected chi connectivity index (χ4v) is 4.32.